The number of likely N-dealkylation sites (N-methyl/N-ethyl adjacent to an activating group) is 1. The number of ether oxygens (including phenoxy) is 1. The fourth-order valence-corrected chi connectivity index (χ4v) is 2.08. The van der Waals surface area contributed by atoms with Crippen LogP contribution in [0.3, 0.4) is 0 Å². The summed E-state index contributed by atoms with van der Waals surface area (Å²) in [7, 11) is 0. The minimum Gasteiger partial charge on any atom is -0.484 e. The van der Waals surface area contributed by atoms with Gasteiger partial charge >= 0.3 is 0 Å². The monoisotopic (exact) mass is 343 g/mol. The predicted molar refractivity (Wildman–Crippen MR) is 95.4 cm³/mol. The smallest absolute Gasteiger partial charge is 0.257 e. The quantitative estimate of drug-likeness (QED) is 0.615. The van der Waals surface area contributed by atoms with E-state index in [-0.39, 0.29) is 18.3 Å². The molecule has 0 aliphatic heterocycles. The molecule has 24 heavy (non-hydrogen) atoms. The highest BCUT2D eigenvalue weighted by Gasteiger charge is 2.02. The van der Waals surface area contributed by atoms with Crippen LogP contribution in [0.15, 0.2) is 54.6 Å². The average molecular weight is 344 g/mol. The normalized spacial score (nSPS) is 10.6. The third-order valence-corrected chi connectivity index (χ3v) is 3.43. The van der Waals surface area contributed by atoms with E-state index >= 15 is 0 Å². The minimum atomic E-state index is -0.157. The first-order valence-corrected chi connectivity index (χ1v) is 7.94. The molecule has 2 aromatic carbocycles. The molecule has 2 aromatic rings. The van der Waals surface area contributed by atoms with Gasteiger partial charge in [-0.1, -0.05) is 29.8 Å². The highest BCUT2D eigenvalue weighted by molar-refractivity contribution is 6.30. The molecule has 1 N–H and O–H groups in total. The number of carbonyl (C=O) groups excluding carboxylic acids is 2. The summed E-state index contributed by atoms with van der Waals surface area (Å²) in [5.74, 6) is 0.348. The van der Waals surface area contributed by atoms with E-state index in [2.05, 4.69) is 5.32 Å². The number of benzene rings is 2. The van der Waals surface area contributed by atoms with Gasteiger partial charge in [-0.05, 0) is 55.0 Å². The largest absolute Gasteiger partial charge is 0.484 e. The number of allylic oxidation sites excluding steroid dienone is 1. The summed E-state index contributed by atoms with van der Waals surface area (Å²) >= 11 is 5.80. The summed E-state index contributed by atoms with van der Waals surface area (Å²) in [6.45, 7) is 2.41. The van der Waals surface area contributed by atoms with Crippen molar-refractivity contribution in [1.82, 2.24) is 5.32 Å². The van der Waals surface area contributed by atoms with Gasteiger partial charge in [0.2, 0.25) is 0 Å². The van der Waals surface area contributed by atoms with Gasteiger partial charge in [0.15, 0.2) is 12.4 Å². The summed E-state index contributed by atoms with van der Waals surface area (Å²) in [4.78, 5) is 23.4. The van der Waals surface area contributed by atoms with Crippen molar-refractivity contribution >= 4 is 29.4 Å². The lowest BCUT2D eigenvalue weighted by atomic mass is 10.1. The lowest BCUT2D eigenvalue weighted by molar-refractivity contribution is -0.122. The van der Waals surface area contributed by atoms with Crippen molar-refractivity contribution in [2.45, 2.75) is 6.92 Å². The van der Waals surface area contributed by atoms with E-state index < -0.39 is 0 Å². The Morgan fingerprint density at radius 1 is 1.08 bits per heavy atom. The fraction of sp³-hybridized carbons (Fsp3) is 0.158. The van der Waals surface area contributed by atoms with E-state index in [1.165, 1.54) is 6.08 Å². The Balaban J connectivity index is 1.92. The summed E-state index contributed by atoms with van der Waals surface area (Å²) < 4.78 is 5.37. The zero-order valence-corrected chi connectivity index (χ0v) is 14.0. The van der Waals surface area contributed by atoms with E-state index in [0.29, 0.717) is 22.9 Å². The third kappa shape index (κ3) is 5.56. The van der Waals surface area contributed by atoms with Gasteiger partial charge in [0.1, 0.15) is 5.75 Å². The Morgan fingerprint density at radius 3 is 2.38 bits per heavy atom. The Hall–Kier alpha value is -2.59. The Kier molecular flexibility index (Phi) is 6.58. The van der Waals surface area contributed by atoms with Crippen LogP contribution < -0.4 is 10.1 Å². The fourth-order valence-electron chi connectivity index (χ4n) is 1.95. The van der Waals surface area contributed by atoms with Crippen LogP contribution in [0.4, 0.5) is 0 Å². The van der Waals surface area contributed by atoms with E-state index in [0.717, 1.165) is 5.56 Å². The molecule has 0 radical (unpaired) electrons. The zero-order chi connectivity index (χ0) is 17.4. The molecule has 4 nitrogen and oxygen atoms in total. The standard InChI is InChI=1S/C19H18ClNO3/c1-2-21-19(23)13-24-17-10-3-14(4-11-17)5-12-18(22)15-6-8-16(20)9-7-15/h3-12H,2,13H2,1H3,(H,21,23)/b12-5+. The maximum Gasteiger partial charge on any atom is 0.257 e. The molecule has 0 unspecified atom stereocenters. The third-order valence-electron chi connectivity index (χ3n) is 3.18. The van der Waals surface area contributed by atoms with Crippen molar-refractivity contribution < 1.29 is 14.3 Å². The number of halogens is 1. The van der Waals surface area contributed by atoms with Crippen LogP contribution in [0.1, 0.15) is 22.8 Å². The first kappa shape index (κ1) is 17.8. The molecule has 0 atom stereocenters. The van der Waals surface area contributed by atoms with Crippen LogP contribution in [-0.2, 0) is 4.79 Å². The topological polar surface area (TPSA) is 55.4 Å². The van der Waals surface area contributed by atoms with Gasteiger partial charge in [0, 0.05) is 17.1 Å². The van der Waals surface area contributed by atoms with Gasteiger partial charge in [-0.2, -0.15) is 0 Å². The number of ketones is 1. The van der Waals surface area contributed by atoms with Crippen LogP contribution in [0, 0.1) is 0 Å². The second kappa shape index (κ2) is 8.89. The Morgan fingerprint density at radius 2 is 1.75 bits per heavy atom. The Bertz CT molecular complexity index is 721. The van der Waals surface area contributed by atoms with Gasteiger partial charge in [0.05, 0.1) is 0 Å². The van der Waals surface area contributed by atoms with Gasteiger partial charge in [-0.25, -0.2) is 0 Å². The number of hydrogen-bond donors (Lipinski definition) is 1. The summed E-state index contributed by atoms with van der Waals surface area (Å²) in [6, 6.07) is 13.9. The maximum absolute atomic E-state index is 12.0. The molecule has 0 saturated carbocycles. The molecule has 0 aromatic heterocycles. The molecule has 2 rings (SSSR count). The summed E-state index contributed by atoms with van der Waals surface area (Å²) in [6.07, 6.45) is 3.23. The molecule has 1 amide bonds. The second-order valence-corrected chi connectivity index (χ2v) is 5.45. The molecule has 0 aliphatic carbocycles. The number of amides is 1. The molecular weight excluding hydrogens is 326 g/mol. The molecule has 0 saturated heterocycles. The van der Waals surface area contributed by atoms with Crippen LogP contribution in [0.25, 0.3) is 6.08 Å². The molecule has 5 heteroatoms. The molecule has 0 bridgehead atoms. The van der Waals surface area contributed by atoms with E-state index in [9.17, 15) is 9.59 Å². The lowest BCUT2D eigenvalue weighted by Gasteiger charge is -2.06. The first-order valence-electron chi connectivity index (χ1n) is 7.56. The highest BCUT2D eigenvalue weighted by Crippen LogP contribution is 2.14. The number of carbonyl (C=O) groups is 2. The van der Waals surface area contributed by atoms with Crippen LogP contribution in [-0.4, -0.2) is 24.8 Å². The molecule has 0 aliphatic rings. The second-order valence-electron chi connectivity index (χ2n) is 5.02. The number of rotatable bonds is 7. The average Bonchev–Trinajstić information content (AvgIpc) is 2.59. The zero-order valence-electron chi connectivity index (χ0n) is 13.3. The van der Waals surface area contributed by atoms with Crippen molar-refractivity contribution in [1.29, 1.82) is 0 Å². The van der Waals surface area contributed by atoms with Crippen molar-refractivity contribution in [2.75, 3.05) is 13.2 Å². The maximum atomic E-state index is 12.0. The summed E-state index contributed by atoms with van der Waals surface area (Å²) in [5, 5.41) is 3.25. The van der Waals surface area contributed by atoms with Crippen molar-refractivity contribution in [2.24, 2.45) is 0 Å². The van der Waals surface area contributed by atoms with E-state index in [1.807, 2.05) is 19.1 Å². The number of nitrogens with one attached hydrogen (secondary N) is 1. The summed E-state index contributed by atoms with van der Waals surface area (Å²) in [5.41, 5.74) is 1.44. The van der Waals surface area contributed by atoms with Crippen molar-refractivity contribution in [3.05, 3.63) is 70.8 Å². The lowest BCUT2D eigenvalue weighted by Crippen LogP contribution is -2.28. The molecule has 124 valence electrons. The van der Waals surface area contributed by atoms with Gasteiger partial charge in [0.25, 0.3) is 5.91 Å². The van der Waals surface area contributed by atoms with Crippen LogP contribution in [0.2, 0.25) is 5.02 Å². The minimum absolute atomic E-state index is 0.0158. The van der Waals surface area contributed by atoms with Crippen LogP contribution >= 0.6 is 11.6 Å². The van der Waals surface area contributed by atoms with Crippen LogP contribution in [0.5, 0.6) is 5.75 Å². The predicted octanol–water partition coefficient (Wildman–Crippen LogP) is 3.75. The van der Waals surface area contributed by atoms with E-state index in [1.54, 1.807) is 42.5 Å². The highest BCUT2D eigenvalue weighted by atomic mass is 35.5. The number of hydrogen-bond acceptors (Lipinski definition) is 3. The van der Waals surface area contributed by atoms with Gasteiger partial charge < -0.3 is 10.1 Å². The molecule has 0 fully saturated rings. The Labute approximate surface area is 146 Å². The SMILES string of the molecule is CCNC(=O)COc1ccc(/C=C/C(=O)c2ccc(Cl)cc2)cc1. The van der Waals surface area contributed by atoms with Gasteiger partial charge in [-0.15, -0.1) is 0 Å². The molecular formula is C19H18ClNO3. The first-order chi connectivity index (χ1) is 11.6. The van der Waals surface area contributed by atoms with Crippen molar-refractivity contribution in [3.63, 3.8) is 0 Å². The van der Waals surface area contributed by atoms with Gasteiger partial charge in [-0.3, -0.25) is 9.59 Å². The van der Waals surface area contributed by atoms with Crippen molar-refractivity contribution in [3.8, 4) is 5.75 Å². The van der Waals surface area contributed by atoms with E-state index in [4.69, 9.17) is 16.3 Å². The molecule has 0 heterocycles. The molecule has 0 spiro atoms.